The third kappa shape index (κ3) is 3.13. The second-order valence-corrected chi connectivity index (χ2v) is 7.60. The zero-order valence-corrected chi connectivity index (χ0v) is 16.7. The first-order chi connectivity index (χ1) is 14.6. The highest BCUT2D eigenvalue weighted by molar-refractivity contribution is 7.98. The summed E-state index contributed by atoms with van der Waals surface area (Å²) in [6.45, 7) is 0. The quantitative estimate of drug-likeness (QED) is 0.328. The van der Waals surface area contributed by atoms with Crippen LogP contribution in [0, 0.1) is 5.82 Å². The van der Waals surface area contributed by atoms with E-state index in [9.17, 15) is 9.18 Å². The lowest BCUT2D eigenvalue weighted by molar-refractivity contribution is 0.627. The summed E-state index contributed by atoms with van der Waals surface area (Å²) in [5, 5.41) is 6.33. The van der Waals surface area contributed by atoms with Gasteiger partial charge in [0.25, 0.3) is 5.56 Å². The highest BCUT2D eigenvalue weighted by atomic mass is 32.2. The maximum atomic E-state index is 13.4. The van der Waals surface area contributed by atoms with Crippen molar-refractivity contribution in [1.82, 2.24) is 29.3 Å². The number of fused-ring (bicyclic) bond motifs is 2. The summed E-state index contributed by atoms with van der Waals surface area (Å²) in [4.78, 5) is 26.6. The standard InChI is InChI=1S/C21H15FN6OS/c1-27-19-16(10-25-27)20(24-12-23-19)30-11-18-26-17-5-3-2-4-15(17)21(29)28(18)14-8-6-13(22)7-9-14/h2-10,12H,11H2,1H3. The number of thioether (sulfide) groups is 1. The third-order valence-electron chi connectivity index (χ3n) is 4.76. The molecule has 0 saturated carbocycles. The second kappa shape index (κ2) is 7.34. The Morgan fingerprint density at radius 3 is 2.67 bits per heavy atom. The van der Waals surface area contributed by atoms with Gasteiger partial charge < -0.3 is 0 Å². The first kappa shape index (κ1) is 18.4. The molecule has 148 valence electrons. The van der Waals surface area contributed by atoms with Crippen molar-refractivity contribution in [3.05, 3.63) is 83.1 Å². The fraction of sp³-hybridized carbons (Fsp3) is 0.0952. The zero-order valence-electron chi connectivity index (χ0n) is 15.9. The average Bonchev–Trinajstić information content (AvgIpc) is 3.15. The van der Waals surface area contributed by atoms with E-state index >= 15 is 0 Å². The molecule has 0 N–H and O–H groups in total. The van der Waals surface area contributed by atoms with Gasteiger partial charge in [-0.25, -0.2) is 19.3 Å². The molecule has 0 amide bonds. The molecule has 0 aliphatic carbocycles. The predicted molar refractivity (Wildman–Crippen MR) is 113 cm³/mol. The van der Waals surface area contributed by atoms with Crippen LogP contribution in [0.1, 0.15) is 5.82 Å². The Morgan fingerprint density at radius 2 is 1.83 bits per heavy atom. The van der Waals surface area contributed by atoms with Gasteiger partial charge in [0.2, 0.25) is 0 Å². The minimum Gasteiger partial charge on any atom is -0.268 e. The minimum absolute atomic E-state index is 0.197. The second-order valence-electron chi connectivity index (χ2n) is 6.64. The number of benzene rings is 2. The van der Waals surface area contributed by atoms with Gasteiger partial charge >= 0.3 is 0 Å². The monoisotopic (exact) mass is 418 g/mol. The number of rotatable bonds is 4. The summed E-state index contributed by atoms with van der Waals surface area (Å²) in [5.74, 6) is 0.570. The molecule has 3 heterocycles. The number of aromatic nitrogens is 6. The van der Waals surface area contributed by atoms with E-state index in [4.69, 9.17) is 4.98 Å². The van der Waals surface area contributed by atoms with Crippen molar-refractivity contribution >= 4 is 33.7 Å². The first-order valence-electron chi connectivity index (χ1n) is 9.14. The van der Waals surface area contributed by atoms with E-state index in [1.54, 1.807) is 35.1 Å². The molecular formula is C21H15FN6OS. The molecule has 9 heteroatoms. The predicted octanol–water partition coefficient (Wildman–Crippen LogP) is 3.49. The van der Waals surface area contributed by atoms with Crippen LogP contribution < -0.4 is 5.56 Å². The van der Waals surface area contributed by atoms with E-state index in [0.29, 0.717) is 28.2 Å². The Morgan fingerprint density at radius 1 is 1.03 bits per heavy atom. The molecule has 3 aromatic heterocycles. The number of nitrogens with zero attached hydrogens (tertiary/aromatic N) is 6. The fourth-order valence-corrected chi connectivity index (χ4v) is 4.20. The maximum absolute atomic E-state index is 13.4. The Hall–Kier alpha value is -3.59. The van der Waals surface area contributed by atoms with E-state index < -0.39 is 0 Å². The van der Waals surface area contributed by atoms with Crippen molar-refractivity contribution in [2.45, 2.75) is 10.8 Å². The summed E-state index contributed by atoms with van der Waals surface area (Å²) in [6.07, 6.45) is 3.21. The van der Waals surface area contributed by atoms with Crippen molar-refractivity contribution in [3.63, 3.8) is 0 Å². The molecule has 0 unspecified atom stereocenters. The number of hydrogen-bond donors (Lipinski definition) is 0. The number of hydrogen-bond acceptors (Lipinski definition) is 6. The molecule has 0 bridgehead atoms. The summed E-state index contributed by atoms with van der Waals surface area (Å²) in [7, 11) is 1.82. The Bertz CT molecular complexity index is 1440. The lowest BCUT2D eigenvalue weighted by Gasteiger charge is -2.13. The molecule has 5 rings (SSSR count). The normalized spacial score (nSPS) is 11.4. The van der Waals surface area contributed by atoms with Crippen LogP contribution in [-0.4, -0.2) is 29.3 Å². The van der Waals surface area contributed by atoms with Gasteiger partial charge in [-0.2, -0.15) is 5.10 Å². The van der Waals surface area contributed by atoms with E-state index in [2.05, 4.69) is 15.1 Å². The molecule has 30 heavy (non-hydrogen) atoms. The topological polar surface area (TPSA) is 78.5 Å². The van der Waals surface area contributed by atoms with Crippen LogP contribution >= 0.6 is 11.8 Å². The average molecular weight is 418 g/mol. The van der Waals surface area contributed by atoms with E-state index in [-0.39, 0.29) is 11.4 Å². The summed E-state index contributed by atoms with van der Waals surface area (Å²) in [6, 6.07) is 13.0. The molecule has 0 spiro atoms. The van der Waals surface area contributed by atoms with Gasteiger partial charge in [0.05, 0.1) is 33.9 Å². The van der Waals surface area contributed by atoms with Crippen LogP contribution in [0.4, 0.5) is 4.39 Å². The molecule has 5 aromatic rings. The first-order valence-corrected chi connectivity index (χ1v) is 10.1. The van der Waals surface area contributed by atoms with Gasteiger partial charge in [0.1, 0.15) is 23.0 Å². The number of para-hydroxylation sites is 1. The minimum atomic E-state index is -0.364. The molecule has 0 saturated heterocycles. The number of aryl methyl sites for hydroxylation is 1. The van der Waals surface area contributed by atoms with Crippen LogP contribution in [-0.2, 0) is 12.8 Å². The van der Waals surface area contributed by atoms with Gasteiger partial charge in [0.15, 0.2) is 5.65 Å². The van der Waals surface area contributed by atoms with Crippen LogP contribution in [0.3, 0.4) is 0 Å². The fourth-order valence-electron chi connectivity index (χ4n) is 3.32. The Kier molecular flexibility index (Phi) is 4.51. The smallest absolute Gasteiger partial charge is 0.265 e. The SMILES string of the molecule is Cn1ncc2c(SCc3nc4ccccc4c(=O)n3-c3ccc(F)cc3)ncnc21. The molecular weight excluding hydrogens is 403 g/mol. The van der Waals surface area contributed by atoms with E-state index in [1.165, 1.54) is 34.8 Å². The summed E-state index contributed by atoms with van der Waals surface area (Å²) in [5.41, 5.74) is 1.71. The van der Waals surface area contributed by atoms with Gasteiger partial charge in [-0.15, -0.1) is 0 Å². The highest BCUT2D eigenvalue weighted by Crippen LogP contribution is 2.27. The van der Waals surface area contributed by atoms with Crippen LogP contribution in [0.15, 0.2) is 70.9 Å². The molecule has 0 radical (unpaired) electrons. The summed E-state index contributed by atoms with van der Waals surface area (Å²) >= 11 is 1.44. The zero-order chi connectivity index (χ0) is 20.7. The van der Waals surface area contributed by atoms with E-state index in [0.717, 1.165) is 16.1 Å². The molecule has 0 aliphatic rings. The van der Waals surface area contributed by atoms with Gasteiger partial charge in [-0.3, -0.25) is 14.0 Å². The molecule has 0 atom stereocenters. The lowest BCUT2D eigenvalue weighted by Crippen LogP contribution is -2.23. The van der Waals surface area contributed by atoms with Crippen molar-refractivity contribution in [2.75, 3.05) is 0 Å². The third-order valence-corrected chi connectivity index (χ3v) is 5.76. The maximum Gasteiger partial charge on any atom is 0.265 e. The molecule has 0 fully saturated rings. The molecule has 2 aromatic carbocycles. The molecule has 7 nitrogen and oxygen atoms in total. The van der Waals surface area contributed by atoms with Gasteiger partial charge in [0, 0.05) is 7.05 Å². The van der Waals surface area contributed by atoms with E-state index in [1.807, 2.05) is 19.2 Å². The van der Waals surface area contributed by atoms with Crippen molar-refractivity contribution in [1.29, 1.82) is 0 Å². The lowest BCUT2D eigenvalue weighted by atomic mass is 10.2. The van der Waals surface area contributed by atoms with Crippen molar-refractivity contribution in [2.24, 2.45) is 7.05 Å². The Labute approximate surface area is 174 Å². The number of halogens is 1. The van der Waals surface area contributed by atoms with Crippen LogP contribution in [0.2, 0.25) is 0 Å². The van der Waals surface area contributed by atoms with Crippen molar-refractivity contribution in [3.8, 4) is 5.69 Å². The summed E-state index contributed by atoms with van der Waals surface area (Å²) < 4.78 is 16.7. The Balaban J connectivity index is 1.63. The van der Waals surface area contributed by atoms with Gasteiger partial charge in [-0.1, -0.05) is 23.9 Å². The van der Waals surface area contributed by atoms with Crippen LogP contribution in [0.5, 0.6) is 0 Å². The highest BCUT2D eigenvalue weighted by Gasteiger charge is 2.15. The van der Waals surface area contributed by atoms with Gasteiger partial charge in [-0.05, 0) is 36.4 Å². The largest absolute Gasteiger partial charge is 0.268 e. The van der Waals surface area contributed by atoms with Crippen molar-refractivity contribution < 1.29 is 4.39 Å². The molecule has 0 aliphatic heterocycles. The van der Waals surface area contributed by atoms with Crippen LogP contribution in [0.25, 0.3) is 27.6 Å².